The Morgan fingerprint density at radius 2 is 1.81 bits per heavy atom. The maximum Gasteiger partial charge on any atom is 0.262 e. The molecule has 140 valence electrons. The molecule has 1 aromatic rings. The molecule has 2 heterocycles. The molecule has 3 amide bonds. The van der Waals surface area contributed by atoms with Gasteiger partial charge in [-0.25, -0.2) is 0 Å². The summed E-state index contributed by atoms with van der Waals surface area (Å²) in [5, 5.41) is 2.76. The van der Waals surface area contributed by atoms with Gasteiger partial charge in [-0.1, -0.05) is 19.4 Å². The van der Waals surface area contributed by atoms with Crippen molar-refractivity contribution in [2.45, 2.75) is 32.6 Å². The van der Waals surface area contributed by atoms with E-state index in [0.29, 0.717) is 44.0 Å². The van der Waals surface area contributed by atoms with Gasteiger partial charge in [-0.2, -0.15) is 0 Å². The van der Waals surface area contributed by atoms with Crippen molar-refractivity contribution in [1.29, 1.82) is 0 Å². The molecule has 0 aliphatic carbocycles. The number of amides is 3. The molecule has 0 bridgehead atoms. The number of rotatable bonds is 5. The van der Waals surface area contributed by atoms with Crippen LogP contribution in [0.2, 0.25) is 0 Å². The fraction of sp³-hybridized carbons (Fsp3) is 0.526. The number of hydrogen-bond donors (Lipinski definition) is 1. The highest BCUT2D eigenvalue weighted by Crippen LogP contribution is 2.28. The summed E-state index contributed by atoms with van der Waals surface area (Å²) in [6.07, 6.45) is 2.79. The quantitative estimate of drug-likeness (QED) is 0.862. The molecule has 2 aliphatic rings. The maximum atomic E-state index is 12.6. The Kier molecular flexibility index (Phi) is 5.75. The number of nitrogens with zero attached hydrogens (tertiary/aromatic N) is 2. The lowest BCUT2D eigenvalue weighted by Crippen LogP contribution is -2.50. The van der Waals surface area contributed by atoms with Gasteiger partial charge in [0.05, 0.1) is 12.1 Å². The molecule has 3 rings (SSSR count). The average molecular weight is 359 g/mol. The number of anilines is 1. The third kappa shape index (κ3) is 4.33. The van der Waals surface area contributed by atoms with Gasteiger partial charge in [0, 0.05) is 32.6 Å². The van der Waals surface area contributed by atoms with Gasteiger partial charge in [0.1, 0.15) is 5.75 Å². The fourth-order valence-electron chi connectivity index (χ4n) is 3.22. The standard InChI is InChI=1S/C19H25N3O4/c1-2-3-4-18(24)21-7-9-22(10-8-21)19(25)12-14-5-6-16-15(11-14)20-17(23)13-26-16/h5-6,11H,2-4,7-10,12-13H2,1H3,(H,20,23). The molecule has 1 N–H and O–H groups in total. The van der Waals surface area contributed by atoms with Crippen LogP contribution in [-0.2, 0) is 20.8 Å². The third-order valence-electron chi connectivity index (χ3n) is 4.76. The number of unbranched alkanes of at least 4 members (excludes halogenated alkanes) is 1. The number of piperazine rings is 1. The number of hydrogen-bond acceptors (Lipinski definition) is 4. The van der Waals surface area contributed by atoms with Gasteiger partial charge in [-0.05, 0) is 24.1 Å². The smallest absolute Gasteiger partial charge is 0.262 e. The molecule has 0 unspecified atom stereocenters. The van der Waals surface area contributed by atoms with E-state index in [2.05, 4.69) is 12.2 Å². The molecule has 0 atom stereocenters. The van der Waals surface area contributed by atoms with Crippen molar-refractivity contribution in [1.82, 2.24) is 9.80 Å². The molecule has 0 saturated carbocycles. The second kappa shape index (κ2) is 8.21. The third-order valence-corrected chi connectivity index (χ3v) is 4.76. The molecule has 0 spiro atoms. The van der Waals surface area contributed by atoms with E-state index in [4.69, 9.17) is 4.74 Å². The number of carbonyl (C=O) groups is 3. The monoisotopic (exact) mass is 359 g/mol. The first-order valence-corrected chi connectivity index (χ1v) is 9.18. The van der Waals surface area contributed by atoms with Gasteiger partial charge in [0.15, 0.2) is 6.61 Å². The topological polar surface area (TPSA) is 79.0 Å². The minimum absolute atomic E-state index is 0.0204. The van der Waals surface area contributed by atoms with Crippen LogP contribution in [0.25, 0.3) is 0 Å². The van der Waals surface area contributed by atoms with Crippen LogP contribution >= 0.6 is 0 Å². The molecule has 2 aliphatic heterocycles. The minimum atomic E-state index is -0.190. The summed E-state index contributed by atoms with van der Waals surface area (Å²) in [7, 11) is 0. The summed E-state index contributed by atoms with van der Waals surface area (Å²) < 4.78 is 5.33. The minimum Gasteiger partial charge on any atom is -0.482 e. The summed E-state index contributed by atoms with van der Waals surface area (Å²) in [6, 6.07) is 5.41. The lowest BCUT2D eigenvalue weighted by molar-refractivity contribution is -0.139. The van der Waals surface area contributed by atoms with Crippen LogP contribution in [-0.4, -0.2) is 60.3 Å². The van der Waals surface area contributed by atoms with Crippen LogP contribution in [0.3, 0.4) is 0 Å². The highest BCUT2D eigenvalue weighted by atomic mass is 16.5. The van der Waals surface area contributed by atoms with Crippen LogP contribution in [0.1, 0.15) is 31.7 Å². The van der Waals surface area contributed by atoms with Crippen molar-refractivity contribution in [3.8, 4) is 5.75 Å². The Hall–Kier alpha value is -2.57. The van der Waals surface area contributed by atoms with Crippen LogP contribution in [0.15, 0.2) is 18.2 Å². The predicted molar refractivity (Wildman–Crippen MR) is 97.0 cm³/mol. The Balaban J connectivity index is 1.52. The second-order valence-electron chi connectivity index (χ2n) is 6.71. The molecule has 7 heteroatoms. The van der Waals surface area contributed by atoms with E-state index in [1.807, 2.05) is 11.0 Å². The molecule has 0 radical (unpaired) electrons. The molecule has 1 saturated heterocycles. The maximum absolute atomic E-state index is 12.6. The van der Waals surface area contributed by atoms with E-state index in [-0.39, 0.29) is 30.7 Å². The number of benzene rings is 1. The van der Waals surface area contributed by atoms with Gasteiger partial charge < -0.3 is 19.9 Å². The summed E-state index contributed by atoms with van der Waals surface area (Å²) in [6.45, 7) is 4.43. The van der Waals surface area contributed by atoms with E-state index < -0.39 is 0 Å². The normalized spacial score (nSPS) is 16.6. The molecule has 7 nitrogen and oxygen atoms in total. The summed E-state index contributed by atoms with van der Waals surface area (Å²) in [5.41, 5.74) is 1.44. The van der Waals surface area contributed by atoms with E-state index in [1.54, 1.807) is 17.0 Å². The number of carbonyl (C=O) groups excluding carboxylic acids is 3. The predicted octanol–water partition coefficient (Wildman–Crippen LogP) is 1.42. The van der Waals surface area contributed by atoms with E-state index in [1.165, 1.54) is 0 Å². The largest absolute Gasteiger partial charge is 0.482 e. The number of ether oxygens (including phenoxy) is 1. The zero-order chi connectivity index (χ0) is 18.5. The van der Waals surface area contributed by atoms with Crippen molar-refractivity contribution >= 4 is 23.4 Å². The molecular weight excluding hydrogens is 334 g/mol. The average Bonchev–Trinajstić information content (AvgIpc) is 2.65. The van der Waals surface area contributed by atoms with Crippen LogP contribution in [0.5, 0.6) is 5.75 Å². The zero-order valence-corrected chi connectivity index (χ0v) is 15.1. The molecular formula is C19H25N3O4. The molecule has 0 aromatic heterocycles. The van der Waals surface area contributed by atoms with Crippen molar-refractivity contribution < 1.29 is 19.1 Å². The van der Waals surface area contributed by atoms with Crippen molar-refractivity contribution in [3.63, 3.8) is 0 Å². The first-order valence-electron chi connectivity index (χ1n) is 9.18. The Morgan fingerprint density at radius 1 is 1.12 bits per heavy atom. The number of fused-ring (bicyclic) bond motifs is 1. The Bertz CT molecular complexity index is 696. The van der Waals surface area contributed by atoms with Gasteiger partial charge in [-0.15, -0.1) is 0 Å². The van der Waals surface area contributed by atoms with Crippen molar-refractivity contribution in [2.75, 3.05) is 38.1 Å². The summed E-state index contributed by atoms with van der Waals surface area (Å²) in [4.78, 5) is 39.7. The lowest BCUT2D eigenvalue weighted by Gasteiger charge is -2.35. The zero-order valence-electron chi connectivity index (χ0n) is 15.1. The fourth-order valence-corrected chi connectivity index (χ4v) is 3.22. The van der Waals surface area contributed by atoms with Crippen LogP contribution in [0, 0.1) is 0 Å². The second-order valence-corrected chi connectivity index (χ2v) is 6.71. The van der Waals surface area contributed by atoms with Crippen molar-refractivity contribution in [3.05, 3.63) is 23.8 Å². The molecule has 1 fully saturated rings. The SMILES string of the molecule is CCCCC(=O)N1CCN(C(=O)Cc2ccc3c(c2)NC(=O)CO3)CC1. The van der Waals surface area contributed by atoms with Gasteiger partial charge in [0.25, 0.3) is 5.91 Å². The first-order chi connectivity index (χ1) is 12.6. The van der Waals surface area contributed by atoms with Gasteiger partial charge >= 0.3 is 0 Å². The summed E-state index contributed by atoms with van der Waals surface area (Å²) in [5.74, 6) is 0.655. The van der Waals surface area contributed by atoms with Crippen molar-refractivity contribution in [2.24, 2.45) is 0 Å². The van der Waals surface area contributed by atoms with E-state index in [0.717, 1.165) is 18.4 Å². The van der Waals surface area contributed by atoms with Gasteiger partial charge in [-0.3, -0.25) is 14.4 Å². The van der Waals surface area contributed by atoms with E-state index in [9.17, 15) is 14.4 Å². The first kappa shape index (κ1) is 18.2. The summed E-state index contributed by atoms with van der Waals surface area (Å²) >= 11 is 0. The van der Waals surface area contributed by atoms with Gasteiger partial charge in [0.2, 0.25) is 11.8 Å². The van der Waals surface area contributed by atoms with Crippen LogP contribution < -0.4 is 10.1 Å². The molecule has 26 heavy (non-hydrogen) atoms. The highest BCUT2D eigenvalue weighted by Gasteiger charge is 2.24. The van der Waals surface area contributed by atoms with Crippen LogP contribution in [0.4, 0.5) is 5.69 Å². The Morgan fingerprint density at radius 3 is 2.50 bits per heavy atom. The highest BCUT2D eigenvalue weighted by molar-refractivity contribution is 5.95. The Labute approximate surface area is 153 Å². The van der Waals surface area contributed by atoms with E-state index >= 15 is 0 Å². The number of nitrogens with one attached hydrogen (secondary N) is 1. The molecule has 1 aromatic carbocycles. The lowest BCUT2D eigenvalue weighted by atomic mass is 10.1.